The fourth-order valence-corrected chi connectivity index (χ4v) is 2.48. The normalized spacial score (nSPS) is 20.8. The van der Waals surface area contributed by atoms with Crippen molar-refractivity contribution in [2.45, 2.75) is 32.4 Å². The maximum atomic E-state index is 4.43. The van der Waals surface area contributed by atoms with E-state index in [0.717, 1.165) is 31.3 Å². The first-order chi connectivity index (χ1) is 7.26. The Kier molecular flexibility index (Phi) is 6.10. The Balaban J connectivity index is 2.02. The molecule has 1 aliphatic rings. The molecule has 0 aromatic rings. The molecule has 88 valence electrons. The molecule has 1 heterocycles. The molecule has 0 aromatic heterocycles. The third-order valence-electron chi connectivity index (χ3n) is 2.63. The van der Waals surface area contributed by atoms with Crippen LogP contribution in [0.2, 0.25) is 0 Å². The average molecular weight is 229 g/mol. The monoisotopic (exact) mass is 229 g/mol. The maximum absolute atomic E-state index is 4.43. The predicted octanol–water partition coefficient (Wildman–Crippen LogP) is 1.80. The summed E-state index contributed by atoms with van der Waals surface area (Å²) < 4.78 is 0. The summed E-state index contributed by atoms with van der Waals surface area (Å²) in [5.74, 6) is 0. The number of nitrogens with zero attached hydrogens (tertiary/aromatic N) is 2. The van der Waals surface area contributed by atoms with Crippen LogP contribution in [0.3, 0.4) is 0 Å². The van der Waals surface area contributed by atoms with Crippen molar-refractivity contribution >= 4 is 16.9 Å². The Bertz CT molecular complexity index is 202. The Morgan fingerprint density at radius 3 is 2.73 bits per heavy atom. The van der Waals surface area contributed by atoms with Crippen molar-refractivity contribution in [3.63, 3.8) is 0 Å². The number of nitrogens with one attached hydrogen (secondary N) is 1. The Labute approximate surface area is 97.7 Å². The molecule has 15 heavy (non-hydrogen) atoms. The van der Waals surface area contributed by atoms with E-state index in [0.29, 0.717) is 5.25 Å². The standard InChI is InChI=1S/C11H23N3S/c1-4-14(5-2)8-6-7-12-11-13-9-10(3)15-11/h10H,4-9H2,1-3H3,(H,12,13)/t10-/m0/s1. The lowest BCUT2D eigenvalue weighted by Gasteiger charge is -2.17. The van der Waals surface area contributed by atoms with Crippen LogP contribution in [-0.2, 0) is 0 Å². The summed E-state index contributed by atoms with van der Waals surface area (Å²) in [5.41, 5.74) is 0. The third-order valence-corrected chi connectivity index (χ3v) is 3.67. The lowest BCUT2D eigenvalue weighted by atomic mass is 10.3. The Morgan fingerprint density at radius 1 is 1.47 bits per heavy atom. The number of aliphatic imine (C=N–C) groups is 1. The fraction of sp³-hybridized carbons (Fsp3) is 0.909. The first-order valence-electron chi connectivity index (χ1n) is 5.93. The summed E-state index contributed by atoms with van der Waals surface area (Å²) in [6.07, 6.45) is 1.20. The number of hydrogen-bond donors (Lipinski definition) is 1. The van der Waals surface area contributed by atoms with Crippen molar-refractivity contribution < 1.29 is 0 Å². The van der Waals surface area contributed by atoms with Gasteiger partial charge in [-0.15, -0.1) is 0 Å². The van der Waals surface area contributed by atoms with E-state index in [2.05, 4.69) is 36.0 Å². The van der Waals surface area contributed by atoms with Crippen molar-refractivity contribution in [2.75, 3.05) is 32.7 Å². The van der Waals surface area contributed by atoms with Gasteiger partial charge in [-0.2, -0.15) is 0 Å². The van der Waals surface area contributed by atoms with Crippen LogP contribution in [0.4, 0.5) is 0 Å². The molecule has 0 amide bonds. The molecule has 0 radical (unpaired) electrons. The van der Waals surface area contributed by atoms with Gasteiger partial charge in [-0.1, -0.05) is 32.5 Å². The van der Waals surface area contributed by atoms with Crippen molar-refractivity contribution in [1.82, 2.24) is 10.2 Å². The second-order valence-corrected chi connectivity index (χ2v) is 5.31. The molecule has 3 nitrogen and oxygen atoms in total. The van der Waals surface area contributed by atoms with Gasteiger partial charge in [0.25, 0.3) is 0 Å². The van der Waals surface area contributed by atoms with Crippen molar-refractivity contribution in [2.24, 2.45) is 4.99 Å². The summed E-state index contributed by atoms with van der Waals surface area (Å²) >= 11 is 1.86. The lowest BCUT2D eigenvalue weighted by Crippen LogP contribution is -2.28. The van der Waals surface area contributed by atoms with Crippen molar-refractivity contribution in [3.8, 4) is 0 Å². The zero-order chi connectivity index (χ0) is 11.1. The highest BCUT2D eigenvalue weighted by molar-refractivity contribution is 8.14. The van der Waals surface area contributed by atoms with E-state index in [-0.39, 0.29) is 0 Å². The molecule has 0 fully saturated rings. The first-order valence-corrected chi connectivity index (χ1v) is 6.81. The summed E-state index contributed by atoms with van der Waals surface area (Å²) in [7, 11) is 0. The van der Waals surface area contributed by atoms with Crippen LogP contribution >= 0.6 is 11.8 Å². The smallest absolute Gasteiger partial charge is 0.156 e. The van der Waals surface area contributed by atoms with Gasteiger partial charge < -0.3 is 10.2 Å². The molecule has 4 heteroatoms. The number of thioether (sulfide) groups is 1. The largest absolute Gasteiger partial charge is 0.365 e. The van der Waals surface area contributed by atoms with E-state index in [1.54, 1.807) is 0 Å². The average Bonchev–Trinajstić information content (AvgIpc) is 2.65. The van der Waals surface area contributed by atoms with Crippen LogP contribution < -0.4 is 5.32 Å². The molecule has 1 N–H and O–H groups in total. The van der Waals surface area contributed by atoms with Crippen molar-refractivity contribution in [3.05, 3.63) is 0 Å². The van der Waals surface area contributed by atoms with Gasteiger partial charge in [0.2, 0.25) is 0 Å². The number of rotatable bonds is 6. The minimum Gasteiger partial charge on any atom is -0.365 e. The van der Waals surface area contributed by atoms with Crippen LogP contribution in [0, 0.1) is 0 Å². The fourth-order valence-electron chi connectivity index (χ4n) is 1.61. The van der Waals surface area contributed by atoms with Crippen molar-refractivity contribution in [1.29, 1.82) is 0 Å². The number of amidine groups is 1. The van der Waals surface area contributed by atoms with Crippen LogP contribution in [0.5, 0.6) is 0 Å². The SMILES string of the molecule is CCN(CC)CCCNC1=NC[C@H](C)S1. The van der Waals surface area contributed by atoms with E-state index in [9.17, 15) is 0 Å². The van der Waals surface area contributed by atoms with Crippen LogP contribution in [0.25, 0.3) is 0 Å². The maximum Gasteiger partial charge on any atom is 0.156 e. The van der Waals surface area contributed by atoms with Crippen LogP contribution in [-0.4, -0.2) is 48.0 Å². The quantitative estimate of drug-likeness (QED) is 0.704. The van der Waals surface area contributed by atoms with Gasteiger partial charge in [-0.05, 0) is 26.1 Å². The molecule has 0 aromatic carbocycles. The summed E-state index contributed by atoms with van der Waals surface area (Å²) in [6.45, 7) is 12.2. The highest BCUT2D eigenvalue weighted by Crippen LogP contribution is 2.18. The van der Waals surface area contributed by atoms with Gasteiger partial charge >= 0.3 is 0 Å². The molecule has 0 saturated heterocycles. The predicted molar refractivity (Wildman–Crippen MR) is 69.8 cm³/mol. The first kappa shape index (κ1) is 12.8. The van der Waals surface area contributed by atoms with Crippen LogP contribution in [0.15, 0.2) is 4.99 Å². The summed E-state index contributed by atoms with van der Waals surface area (Å²) in [6, 6.07) is 0. The third kappa shape index (κ3) is 4.89. The zero-order valence-electron chi connectivity index (χ0n) is 10.1. The van der Waals surface area contributed by atoms with Gasteiger partial charge in [-0.3, -0.25) is 4.99 Å². The van der Waals surface area contributed by atoms with Gasteiger partial charge in [-0.25, -0.2) is 0 Å². The van der Waals surface area contributed by atoms with E-state index >= 15 is 0 Å². The molecule has 1 rings (SSSR count). The Morgan fingerprint density at radius 2 is 2.20 bits per heavy atom. The molecular formula is C11H23N3S. The zero-order valence-corrected chi connectivity index (χ0v) is 10.9. The summed E-state index contributed by atoms with van der Waals surface area (Å²) in [5, 5.41) is 5.20. The minimum absolute atomic E-state index is 0.662. The molecule has 0 unspecified atom stereocenters. The van der Waals surface area contributed by atoms with E-state index in [4.69, 9.17) is 0 Å². The van der Waals surface area contributed by atoms with E-state index < -0.39 is 0 Å². The van der Waals surface area contributed by atoms with Gasteiger partial charge in [0.05, 0.1) is 6.54 Å². The highest BCUT2D eigenvalue weighted by Gasteiger charge is 2.13. The highest BCUT2D eigenvalue weighted by atomic mass is 32.2. The van der Waals surface area contributed by atoms with E-state index in [1.807, 2.05) is 11.8 Å². The molecule has 0 aliphatic carbocycles. The van der Waals surface area contributed by atoms with E-state index in [1.165, 1.54) is 13.0 Å². The molecule has 1 atom stereocenters. The topological polar surface area (TPSA) is 27.6 Å². The second kappa shape index (κ2) is 7.12. The molecular weight excluding hydrogens is 206 g/mol. The Hall–Kier alpha value is -0.220. The molecule has 0 spiro atoms. The minimum atomic E-state index is 0.662. The molecule has 1 aliphatic heterocycles. The number of hydrogen-bond acceptors (Lipinski definition) is 4. The van der Waals surface area contributed by atoms with Gasteiger partial charge in [0.15, 0.2) is 5.17 Å². The van der Waals surface area contributed by atoms with Gasteiger partial charge in [0.1, 0.15) is 0 Å². The lowest BCUT2D eigenvalue weighted by molar-refractivity contribution is 0.300. The summed E-state index contributed by atoms with van der Waals surface area (Å²) in [4.78, 5) is 6.88. The molecule has 0 bridgehead atoms. The second-order valence-electron chi connectivity index (χ2n) is 3.88. The molecule has 0 saturated carbocycles. The van der Waals surface area contributed by atoms with Gasteiger partial charge in [0, 0.05) is 11.8 Å². The van der Waals surface area contributed by atoms with Crippen LogP contribution in [0.1, 0.15) is 27.2 Å².